The molecule has 0 N–H and O–H groups in total. The van der Waals surface area contributed by atoms with Gasteiger partial charge in [-0.25, -0.2) is 4.98 Å². The molecule has 0 amide bonds. The molecular weight excluding hydrogens is 148 g/mol. The van der Waals surface area contributed by atoms with Crippen molar-refractivity contribution in [1.29, 1.82) is 0 Å². The van der Waals surface area contributed by atoms with E-state index in [-0.39, 0.29) is 0 Å². The Morgan fingerprint density at radius 3 is 3.00 bits per heavy atom. The van der Waals surface area contributed by atoms with Crippen molar-refractivity contribution in [2.24, 2.45) is 0 Å². The number of hydrogen-bond acceptors (Lipinski definition) is 2. The molecule has 64 valence electrons. The van der Waals surface area contributed by atoms with E-state index >= 15 is 0 Å². The highest BCUT2D eigenvalue weighted by molar-refractivity contribution is 5.39. The van der Waals surface area contributed by atoms with Gasteiger partial charge in [0.1, 0.15) is 5.82 Å². The van der Waals surface area contributed by atoms with E-state index < -0.39 is 0 Å². The van der Waals surface area contributed by atoms with Gasteiger partial charge in [0.05, 0.1) is 0 Å². The van der Waals surface area contributed by atoms with E-state index in [9.17, 15) is 0 Å². The van der Waals surface area contributed by atoms with E-state index in [1.165, 1.54) is 12.8 Å². The van der Waals surface area contributed by atoms with E-state index in [4.69, 9.17) is 0 Å². The van der Waals surface area contributed by atoms with Crippen LogP contribution in [0, 0.1) is 0 Å². The Balaban J connectivity index is 2.19. The van der Waals surface area contributed by atoms with Crippen molar-refractivity contribution in [3.63, 3.8) is 0 Å². The lowest BCUT2D eigenvalue weighted by Crippen LogP contribution is -2.26. The number of pyridine rings is 1. The molecule has 0 saturated carbocycles. The Kier molecular flexibility index (Phi) is 1.98. The molecule has 0 radical (unpaired) electrons. The molecule has 0 aromatic carbocycles. The zero-order chi connectivity index (χ0) is 8.39. The molecule has 1 aromatic rings. The van der Waals surface area contributed by atoms with Gasteiger partial charge in [-0.15, -0.1) is 0 Å². The summed E-state index contributed by atoms with van der Waals surface area (Å²) in [6.07, 6.45) is 4.47. The number of rotatable bonds is 1. The van der Waals surface area contributed by atoms with Crippen LogP contribution in [0.2, 0.25) is 0 Å². The van der Waals surface area contributed by atoms with Crippen LogP contribution in [-0.4, -0.2) is 17.6 Å². The molecule has 0 aliphatic carbocycles. The Labute approximate surface area is 73.2 Å². The highest BCUT2D eigenvalue weighted by Gasteiger charge is 2.20. The molecule has 2 rings (SSSR count). The second-order valence-corrected chi connectivity index (χ2v) is 3.37. The molecule has 2 heterocycles. The van der Waals surface area contributed by atoms with Crippen molar-refractivity contribution in [3.05, 3.63) is 24.4 Å². The molecule has 0 spiro atoms. The molecule has 1 atom stereocenters. The van der Waals surface area contributed by atoms with Gasteiger partial charge in [-0.3, -0.25) is 0 Å². The zero-order valence-corrected chi connectivity index (χ0v) is 7.40. The average molecular weight is 162 g/mol. The molecule has 1 saturated heterocycles. The Bertz CT molecular complexity index is 245. The van der Waals surface area contributed by atoms with Crippen LogP contribution in [0.4, 0.5) is 5.82 Å². The maximum Gasteiger partial charge on any atom is 0.128 e. The number of aromatic nitrogens is 1. The van der Waals surface area contributed by atoms with Crippen LogP contribution in [0.15, 0.2) is 24.4 Å². The quantitative estimate of drug-likeness (QED) is 0.628. The molecule has 1 aromatic heterocycles. The van der Waals surface area contributed by atoms with E-state index in [0.29, 0.717) is 6.04 Å². The van der Waals surface area contributed by atoms with E-state index in [1.807, 2.05) is 18.3 Å². The SMILES string of the molecule is C[C@H]1CCCN1c1ccccn1. The zero-order valence-electron chi connectivity index (χ0n) is 7.40. The summed E-state index contributed by atoms with van der Waals surface area (Å²) in [5, 5.41) is 0. The van der Waals surface area contributed by atoms with E-state index in [2.05, 4.69) is 22.9 Å². The first-order valence-corrected chi connectivity index (χ1v) is 4.55. The fourth-order valence-corrected chi connectivity index (χ4v) is 1.80. The summed E-state index contributed by atoms with van der Waals surface area (Å²) in [5.74, 6) is 1.13. The Morgan fingerprint density at radius 2 is 2.42 bits per heavy atom. The molecule has 1 aliphatic rings. The van der Waals surface area contributed by atoms with Gasteiger partial charge in [0.15, 0.2) is 0 Å². The van der Waals surface area contributed by atoms with E-state index in [0.717, 1.165) is 12.4 Å². The first-order valence-electron chi connectivity index (χ1n) is 4.55. The normalized spacial score (nSPS) is 23.1. The van der Waals surface area contributed by atoms with E-state index in [1.54, 1.807) is 0 Å². The molecule has 0 unspecified atom stereocenters. The largest absolute Gasteiger partial charge is 0.354 e. The average Bonchev–Trinajstić information content (AvgIpc) is 2.53. The van der Waals surface area contributed by atoms with Gasteiger partial charge < -0.3 is 4.90 Å². The molecule has 0 bridgehead atoms. The summed E-state index contributed by atoms with van der Waals surface area (Å²) >= 11 is 0. The lowest BCUT2D eigenvalue weighted by atomic mass is 10.2. The number of anilines is 1. The van der Waals surface area contributed by atoms with Crippen LogP contribution in [0.3, 0.4) is 0 Å². The van der Waals surface area contributed by atoms with Gasteiger partial charge in [-0.05, 0) is 31.9 Å². The van der Waals surface area contributed by atoms with Crippen LogP contribution >= 0.6 is 0 Å². The predicted octanol–water partition coefficient (Wildman–Crippen LogP) is 2.07. The maximum atomic E-state index is 4.34. The van der Waals surface area contributed by atoms with Gasteiger partial charge in [0.25, 0.3) is 0 Å². The molecule has 1 fully saturated rings. The minimum absolute atomic E-state index is 0.667. The third-order valence-electron chi connectivity index (χ3n) is 2.50. The second kappa shape index (κ2) is 3.13. The fourth-order valence-electron chi connectivity index (χ4n) is 1.80. The van der Waals surface area contributed by atoms with Crippen LogP contribution in [-0.2, 0) is 0 Å². The summed E-state index contributed by atoms with van der Waals surface area (Å²) in [7, 11) is 0. The highest BCUT2D eigenvalue weighted by atomic mass is 15.2. The first kappa shape index (κ1) is 7.59. The minimum atomic E-state index is 0.667. The maximum absolute atomic E-state index is 4.34. The van der Waals surface area contributed by atoms with Crippen LogP contribution in [0.25, 0.3) is 0 Å². The van der Waals surface area contributed by atoms with Crippen molar-refractivity contribution < 1.29 is 0 Å². The topological polar surface area (TPSA) is 16.1 Å². The van der Waals surface area contributed by atoms with Gasteiger partial charge in [0, 0.05) is 18.8 Å². The predicted molar refractivity (Wildman–Crippen MR) is 50.3 cm³/mol. The lowest BCUT2D eigenvalue weighted by Gasteiger charge is -2.21. The van der Waals surface area contributed by atoms with Crippen LogP contribution in [0.1, 0.15) is 19.8 Å². The lowest BCUT2D eigenvalue weighted by molar-refractivity contribution is 0.727. The summed E-state index contributed by atoms with van der Waals surface area (Å²) in [6.45, 7) is 3.43. The summed E-state index contributed by atoms with van der Waals surface area (Å²) in [5.41, 5.74) is 0. The number of nitrogens with zero attached hydrogens (tertiary/aromatic N) is 2. The van der Waals surface area contributed by atoms with Crippen LogP contribution < -0.4 is 4.90 Å². The fraction of sp³-hybridized carbons (Fsp3) is 0.500. The molecular formula is C10H14N2. The smallest absolute Gasteiger partial charge is 0.128 e. The first-order chi connectivity index (χ1) is 5.88. The minimum Gasteiger partial charge on any atom is -0.354 e. The summed E-state index contributed by atoms with van der Waals surface area (Å²) in [6, 6.07) is 6.76. The van der Waals surface area contributed by atoms with Crippen molar-refractivity contribution in [2.75, 3.05) is 11.4 Å². The molecule has 1 aliphatic heterocycles. The summed E-state index contributed by atoms with van der Waals surface area (Å²) < 4.78 is 0. The number of hydrogen-bond donors (Lipinski definition) is 0. The Hall–Kier alpha value is -1.05. The van der Waals surface area contributed by atoms with Gasteiger partial charge in [-0.2, -0.15) is 0 Å². The van der Waals surface area contributed by atoms with Crippen molar-refractivity contribution in [2.45, 2.75) is 25.8 Å². The third kappa shape index (κ3) is 1.29. The molecule has 2 nitrogen and oxygen atoms in total. The van der Waals surface area contributed by atoms with Crippen molar-refractivity contribution in [1.82, 2.24) is 4.98 Å². The van der Waals surface area contributed by atoms with Crippen molar-refractivity contribution in [3.8, 4) is 0 Å². The monoisotopic (exact) mass is 162 g/mol. The molecule has 2 heteroatoms. The van der Waals surface area contributed by atoms with Gasteiger partial charge >= 0.3 is 0 Å². The van der Waals surface area contributed by atoms with Crippen molar-refractivity contribution >= 4 is 5.82 Å². The van der Waals surface area contributed by atoms with Gasteiger partial charge in [-0.1, -0.05) is 6.07 Å². The second-order valence-electron chi connectivity index (χ2n) is 3.37. The third-order valence-corrected chi connectivity index (χ3v) is 2.50. The standard InChI is InChI=1S/C10H14N2/c1-9-5-4-8-12(9)10-6-2-3-7-11-10/h2-3,6-7,9H,4-5,8H2,1H3/t9-/m0/s1. The Morgan fingerprint density at radius 1 is 1.50 bits per heavy atom. The highest BCUT2D eigenvalue weighted by Crippen LogP contribution is 2.22. The van der Waals surface area contributed by atoms with Gasteiger partial charge in [0.2, 0.25) is 0 Å². The summed E-state index contributed by atoms with van der Waals surface area (Å²) in [4.78, 5) is 6.71. The molecule has 12 heavy (non-hydrogen) atoms. The van der Waals surface area contributed by atoms with Crippen LogP contribution in [0.5, 0.6) is 0 Å².